The van der Waals surface area contributed by atoms with Crippen molar-refractivity contribution >= 4 is 22.6 Å². The number of benzene rings is 2. The molecule has 4 aromatic rings. The van der Waals surface area contributed by atoms with Gasteiger partial charge in [-0.15, -0.1) is 0 Å². The van der Waals surface area contributed by atoms with Gasteiger partial charge in [0.25, 0.3) is 5.91 Å². The minimum Gasteiger partial charge on any atom is -0.460 e. The number of hydrogen-bond acceptors (Lipinski definition) is 6. The molecular weight excluding hydrogens is 440 g/mol. The van der Waals surface area contributed by atoms with Crippen molar-refractivity contribution in [2.75, 3.05) is 5.32 Å². The van der Waals surface area contributed by atoms with E-state index in [0.29, 0.717) is 34.9 Å². The molecule has 0 radical (unpaired) electrons. The van der Waals surface area contributed by atoms with Crippen molar-refractivity contribution in [1.82, 2.24) is 15.0 Å². The van der Waals surface area contributed by atoms with Gasteiger partial charge in [0.05, 0.1) is 23.6 Å². The number of ether oxygens (including phenoxy) is 2. The summed E-state index contributed by atoms with van der Waals surface area (Å²) in [5, 5.41) is 3.55. The van der Waals surface area contributed by atoms with Gasteiger partial charge in [-0.2, -0.15) is 4.98 Å². The Morgan fingerprint density at radius 1 is 0.914 bits per heavy atom. The van der Waals surface area contributed by atoms with E-state index in [1.807, 2.05) is 43.3 Å². The Balaban J connectivity index is 1.21. The second-order valence-corrected chi connectivity index (χ2v) is 8.84. The standard InChI is InChI=1S/C28H28N4O3/c1-19-16-29-26(32-27(33)21-10-6-3-7-11-21)24-17-30-28(31-25(19)24)35-23-14-12-22(13-15-23)34-18-20-8-4-2-5-9-20/h2-11,16-17,22-23H,12-15,18H2,1H3,(H,29,32,33)/t22-,23-. The number of nitrogens with one attached hydrogen (secondary N) is 1. The van der Waals surface area contributed by atoms with Gasteiger partial charge in [0.15, 0.2) is 0 Å². The molecular formula is C28H28N4O3. The SMILES string of the molecule is Cc1cnc(NC(=O)c2ccccc2)c2cnc(O[C@H]3CC[C@H](OCc4ccccc4)CC3)nc12. The molecule has 0 spiro atoms. The van der Waals surface area contributed by atoms with Crippen LogP contribution in [0.3, 0.4) is 0 Å². The first kappa shape index (κ1) is 22.9. The lowest BCUT2D eigenvalue weighted by Gasteiger charge is -2.28. The highest BCUT2D eigenvalue weighted by atomic mass is 16.5. The number of anilines is 1. The maximum Gasteiger partial charge on any atom is 0.317 e. The van der Waals surface area contributed by atoms with Gasteiger partial charge in [0.2, 0.25) is 0 Å². The summed E-state index contributed by atoms with van der Waals surface area (Å²) < 4.78 is 12.2. The predicted molar refractivity (Wildman–Crippen MR) is 134 cm³/mol. The molecule has 5 rings (SSSR count). The van der Waals surface area contributed by atoms with Gasteiger partial charge in [0.1, 0.15) is 11.9 Å². The van der Waals surface area contributed by atoms with Gasteiger partial charge in [-0.1, -0.05) is 48.5 Å². The number of hydrogen-bond donors (Lipinski definition) is 1. The van der Waals surface area contributed by atoms with Crippen LogP contribution in [0.15, 0.2) is 73.1 Å². The highest BCUT2D eigenvalue weighted by molar-refractivity contribution is 6.07. The lowest BCUT2D eigenvalue weighted by atomic mass is 9.95. The monoisotopic (exact) mass is 468 g/mol. The lowest BCUT2D eigenvalue weighted by Crippen LogP contribution is -2.28. The largest absolute Gasteiger partial charge is 0.460 e. The zero-order valence-electron chi connectivity index (χ0n) is 19.7. The van der Waals surface area contributed by atoms with Crippen molar-refractivity contribution in [3.63, 3.8) is 0 Å². The van der Waals surface area contributed by atoms with E-state index < -0.39 is 0 Å². The van der Waals surface area contributed by atoms with E-state index >= 15 is 0 Å². The van der Waals surface area contributed by atoms with Crippen molar-refractivity contribution in [2.24, 2.45) is 0 Å². The van der Waals surface area contributed by atoms with Crippen LogP contribution in [0, 0.1) is 6.92 Å². The molecule has 2 aromatic heterocycles. The van der Waals surface area contributed by atoms with Gasteiger partial charge in [-0.05, 0) is 55.9 Å². The van der Waals surface area contributed by atoms with Crippen molar-refractivity contribution in [3.05, 3.63) is 89.7 Å². The van der Waals surface area contributed by atoms with Crippen LogP contribution in [0.1, 0.15) is 47.2 Å². The molecule has 7 nitrogen and oxygen atoms in total. The quantitative estimate of drug-likeness (QED) is 0.386. The first-order valence-corrected chi connectivity index (χ1v) is 12.0. The Labute approximate surface area is 204 Å². The molecule has 1 N–H and O–H groups in total. The number of pyridine rings is 1. The Kier molecular flexibility index (Phi) is 6.95. The normalized spacial score (nSPS) is 17.7. The van der Waals surface area contributed by atoms with Crippen molar-refractivity contribution in [2.45, 2.75) is 51.4 Å². The van der Waals surface area contributed by atoms with Crippen LogP contribution < -0.4 is 10.1 Å². The summed E-state index contributed by atoms with van der Waals surface area (Å²) in [5.74, 6) is 0.205. The first-order chi connectivity index (χ1) is 17.2. The summed E-state index contributed by atoms with van der Waals surface area (Å²) in [6.45, 7) is 2.57. The fourth-order valence-corrected chi connectivity index (χ4v) is 4.31. The summed E-state index contributed by atoms with van der Waals surface area (Å²) in [6.07, 6.45) is 7.37. The second kappa shape index (κ2) is 10.6. The third kappa shape index (κ3) is 5.63. The molecule has 1 amide bonds. The van der Waals surface area contributed by atoms with Gasteiger partial charge < -0.3 is 14.8 Å². The van der Waals surface area contributed by atoms with E-state index in [1.54, 1.807) is 24.5 Å². The number of aryl methyl sites for hydroxylation is 1. The van der Waals surface area contributed by atoms with Crippen LogP contribution in [0.25, 0.3) is 10.9 Å². The second-order valence-electron chi connectivity index (χ2n) is 8.84. The molecule has 1 aliphatic rings. The number of amides is 1. The Morgan fingerprint density at radius 3 is 2.34 bits per heavy atom. The van der Waals surface area contributed by atoms with E-state index in [2.05, 4.69) is 32.4 Å². The molecule has 2 heterocycles. The van der Waals surface area contributed by atoms with Crippen LogP contribution in [0.4, 0.5) is 5.82 Å². The minimum atomic E-state index is -0.227. The molecule has 0 unspecified atom stereocenters. The summed E-state index contributed by atoms with van der Waals surface area (Å²) in [7, 11) is 0. The van der Waals surface area contributed by atoms with Crippen LogP contribution in [-0.2, 0) is 11.3 Å². The molecule has 1 fully saturated rings. The Morgan fingerprint density at radius 2 is 1.60 bits per heavy atom. The van der Waals surface area contributed by atoms with E-state index in [0.717, 1.165) is 31.2 Å². The minimum absolute atomic E-state index is 0.0587. The molecule has 1 saturated carbocycles. The topological polar surface area (TPSA) is 86.2 Å². The zero-order chi connectivity index (χ0) is 24.0. The van der Waals surface area contributed by atoms with E-state index in [9.17, 15) is 4.79 Å². The van der Waals surface area contributed by atoms with Gasteiger partial charge in [-0.3, -0.25) is 4.79 Å². The van der Waals surface area contributed by atoms with Crippen molar-refractivity contribution in [1.29, 1.82) is 0 Å². The third-order valence-electron chi connectivity index (χ3n) is 6.27. The van der Waals surface area contributed by atoms with E-state index in [1.165, 1.54) is 5.56 Å². The molecule has 2 aromatic carbocycles. The highest BCUT2D eigenvalue weighted by Crippen LogP contribution is 2.28. The number of rotatable bonds is 7. The lowest BCUT2D eigenvalue weighted by molar-refractivity contribution is -0.00808. The number of fused-ring (bicyclic) bond motifs is 1. The Bertz CT molecular complexity index is 1290. The smallest absolute Gasteiger partial charge is 0.317 e. The number of carbonyl (C=O) groups excluding carboxylic acids is 1. The molecule has 35 heavy (non-hydrogen) atoms. The van der Waals surface area contributed by atoms with Gasteiger partial charge in [0, 0.05) is 18.0 Å². The fourth-order valence-electron chi connectivity index (χ4n) is 4.31. The van der Waals surface area contributed by atoms with Crippen LogP contribution in [0.5, 0.6) is 6.01 Å². The average Bonchev–Trinajstić information content (AvgIpc) is 2.91. The Hall–Kier alpha value is -3.84. The van der Waals surface area contributed by atoms with Crippen molar-refractivity contribution < 1.29 is 14.3 Å². The zero-order valence-corrected chi connectivity index (χ0v) is 19.7. The molecule has 0 atom stereocenters. The summed E-state index contributed by atoms with van der Waals surface area (Å²) in [5.41, 5.74) is 3.36. The predicted octanol–water partition coefficient (Wildman–Crippen LogP) is 5.49. The fraction of sp³-hybridized carbons (Fsp3) is 0.286. The molecule has 178 valence electrons. The highest BCUT2D eigenvalue weighted by Gasteiger charge is 2.24. The maximum atomic E-state index is 12.6. The number of aromatic nitrogens is 3. The molecule has 0 aliphatic heterocycles. The van der Waals surface area contributed by atoms with Crippen LogP contribution in [0.2, 0.25) is 0 Å². The van der Waals surface area contributed by atoms with E-state index in [-0.39, 0.29) is 18.1 Å². The summed E-state index contributed by atoms with van der Waals surface area (Å²) in [6, 6.07) is 19.6. The first-order valence-electron chi connectivity index (χ1n) is 12.0. The number of carbonyl (C=O) groups is 1. The third-order valence-corrected chi connectivity index (χ3v) is 6.27. The summed E-state index contributed by atoms with van der Waals surface area (Å²) in [4.78, 5) is 26.1. The van der Waals surface area contributed by atoms with Crippen LogP contribution >= 0.6 is 0 Å². The maximum absolute atomic E-state index is 12.6. The summed E-state index contributed by atoms with van der Waals surface area (Å²) >= 11 is 0. The van der Waals surface area contributed by atoms with E-state index in [4.69, 9.17) is 9.47 Å². The average molecular weight is 469 g/mol. The van der Waals surface area contributed by atoms with Crippen molar-refractivity contribution in [3.8, 4) is 6.01 Å². The molecule has 0 saturated heterocycles. The van der Waals surface area contributed by atoms with Gasteiger partial charge >= 0.3 is 6.01 Å². The molecule has 7 heteroatoms. The number of nitrogens with zero attached hydrogens (tertiary/aromatic N) is 3. The molecule has 1 aliphatic carbocycles. The molecule has 0 bridgehead atoms. The van der Waals surface area contributed by atoms with Crippen LogP contribution in [-0.4, -0.2) is 33.1 Å². The van der Waals surface area contributed by atoms with Gasteiger partial charge in [-0.25, -0.2) is 9.97 Å².